The van der Waals surface area contributed by atoms with E-state index in [4.69, 9.17) is 4.74 Å². The molecule has 0 aliphatic carbocycles. The topological polar surface area (TPSA) is 104 Å². The second-order valence-corrected chi connectivity index (χ2v) is 8.91. The van der Waals surface area contributed by atoms with Gasteiger partial charge in [0.2, 0.25) is 5.43 Å². The number of hydrogen-bond donors (Lipinski definition) is 2. The summed E-state index contributed by atoms with van der Waals surface area (Å²) in [4.78, 5) is 40.1. The molecule has 2 aliphatic rings. The highest BCUT2D eigenvalue weighted by atomic mass is 19.1. The molecule has 1 atom stereocenters. The van der Waals surface area contributed by atoms with Crippen molar-refractivity contribution >= 4 is 11.8 Å². The second-order valence-electron chi connectivity index (χ2n) is 8.91. The van der Waals surface area contributed by atoms with E-state index < -0.39 is 51.3 Å². The summed E-state index contributed by atoms with van der Waals surface area (Å²) >= 11 is 0. The zero-order chi connectivity index (χ0) is 24.3. The Balaban J connectivity index is 1.74. The molecule has 2 amide bonds. The van der Waals surface area contributed by atoms with E-state index in [9.17, 15) is 28.3 Å². The van der Waals surface area contributed by atoms with Crippen molar-refractivity contribution in [1.82, 2.24) is 14.9 Å². The monoisotopic (exact) mass is 462 g/mol. The zero-order valence-corrected chi connectivity index (χ0v) is 18.6. The van der Waals surface area contributed by atoms with Gasteiger partial charge in [0.05, 0.1) is 13.2 Å². The molecule has 176 valence electrons. The van der Waals surface area contributed by atoms with Gasteiger partial charge >= 0.3 is 0 Å². The third kappa shape index (κ3) is 3.17. The molecule has 3 heterocycles. The third-order valence-electron chi connectivity index (χ3n) is 6.63. The van der Waals surface area contributed by atoms with Crippen molar-refractivity contribution in [3.05, 3.63) is 63.1 Å². The number of carbonyl (C=O) groups excluding carboxylic acids is 2. The van der Waals surface area contributed by atoms with Crippen molar-refractivity contribution in [3.63, 3.8) is 0 Å². The van der Waals surface area contributed by atoms with Crippen molar-refractivity contribution in [2.24, 2.45) is 5.41 Å². The third-order valence-corrected chi connectivity index (χ3v) is 6.63. The number of aromatic nitrogens is 1. The summed E-state index contributed by atoms with van der Waals surface area (Å²) in [5.41, 5.74) is -3.19. The highest BCUT2D eigenvalue weighted by Crippen LogP contribution is 2.45. The number of fused-ring (bicyclic) bond motifs is 1. The van der Waals surface area contributed by atoms with E-state index in [1.165, 1.54) is 21.8 Å². The molecule has 1 unspecified atom stereocenters. The Kier molecular flexibility index (Phi) is 5.19. The Morgan fingerprint density at radius 1 is 1.21 bits per heavy atom. The van der Waals surface area contributed by atoms with Crippen LogP contribution in [0.1, 0.15) is 40.3 Å². The lowest BCUT2D eigenvalue weighted by Gasteiger charge is -2.55. The highest BCUT2D eigenvalue weighted by molar-refractivity contribution is 5.99. The van der Waals surface area contributed by atoms with Gasteiger partial charge in [0, 0.05) is 43.9 Å². The van der Waals surface area contributed by atoms with Crippen LogP contribution in [0.15, 0.2) is 29.2 Å². The summed E-state index contributed by atoms with van der Waals surface area (Å²) in [7, 11) is 3.24. The predicted molar refractivity (Wildman–Crippen MR) is 113 cm³/mol. The SMILES string of the molecule is CN1C(=O)c2c(O)c(=O)c(C(=O)NCc3ccc(F)cc3F)cn2N(C)C12COCC2(C)C. The molecule has 1 spiro atoms. The molecule has 2 N–H and O–H groups in total. The Hall–Kier alpha value is -3.47. The first kappa shape index (κ1) is 22.7. The maximum absolute atomic E-state index is 13.9. The van der Waals surface area contributed by atoms with E-state index in [-0.39, 0.29) is 24.4 Å². The first-order valence-corrected chi connectivity index (χ1v) is 10.2. The lowest BCUT2D eigenvalue weighted by atomic mass is 9.79. The van der Waals surface area contributed by atoms with Crippen LogP contribution in [0, 0.1) is 17.0 Å². The highest BCUT2D eigenvalue weighted by Gasteiger charge is 2.60. The van der Waals surface area contributed by atoms with Crippen molar-refractivity contribution < 1.29 is 28.2 Å². The molecule has 4 rings (SSSR count). The van der Waals surface area contributed by atoms with Gasteiger partial charge in [0.15, 0.2) is 17.1 Å². The minimum atomic E-state index is -1.04. The van der Waals surface area contributed by atoms with Crippen molar-refractivity contribution in [3.8, 4) is 5.75 Å². The molecule has 0 bridgehead atoms. The largest absolute Gasteiger partial charge is 0.502 e. The number of pyridine rings is 1. The van der Waals surface area contributed by atoms with Gasteiger partial charge in [-0.3, -0.25) is 24.1 Å². The van der Waals surface area contributed by atoms with Crippen LogP contribution in [0.25, 0.3) is 0 Å². The number of likely N-dealkylation sites (N-methyl/N-ethyl adjacent to an activating group) is 2. The molecule has 0 radical (unpaired) electrons. The number of benzene rings is 1. The zero-order valence-electron chi connectivity index (χ0n) is 18.6. The molecule has 33 heavy (non-hydrogen) atoms. The molecular weight excluding hydrogens is 438 g/mol. The van der Waals surface area contributed by atoms with Gasteiger partial charge in [-0.25, -0.2) is 8.78 Å². The number of rotatable bonds is 3. The fourth-order valence-corrected chi connectivity index (χ4v) is 4.69. The van der Waals surface area contributed by atoms with Gasteiger partial charge in [-0.05, 0) is 6.07 Å². The van der Waals surface area contributed by atoms with E-state index in [0.717, 1.165) is 6.07 Å². The van der Waals surface area contributed by atoms with Gasteiger partial charge in [0.25, 0.3) is 11.8 Å². The molecule has 2 aliphatic heterocycles. The minimum absolute atomic E-state index is 0.0183. The van der Waals surface area contributed by atoms with E-state index in [1.54, 1.807) is 19.1 Å². The van der Waals surface area contributed by atoms with Gasteiger partial charge < -0.3 is 20.1 Å². The second kappa shape index (κ2) is 7.55. The lowest BCUT2D eigenvalue weighted by Crippen LogP contribution is -2.74. The number of carbonyl (C=O) groups is 2. The van der Waals surface area contributed by atoms with Gasteiger partial charge in [-0.1, -0.05) is 19.9 Å². The number of nitrogens with one attached hydrogen (secondary N) is 1. The molecular formula is C22H24F2N4O5. The quantitative estimate of drug-likeness (QED) is 0.710. The van der Waals surface area contributed by atoms with E-state index in [2.05, 4.69) is 5.32 Å². The number of aromatic hydroxyl groups is 1. The molecule has 1 saturated heterocycles. The van der Waals surface area contributed by atoms with E-state index >= 15 is 0 Å². The average Bonchev–Trinajstić information content (AvgIpc) is 3.07. The fourth-order valence-electron chi connectivity index (χ4n) is 4.69. The van der Waals surface area contributed by atoms with Gasteiger partial charge in [-0.15, -0.1) is 0 Å². The lowest BCUT2D eigenvalue weighted by molar-refractivity contribution is 0.00449. The van der Waals surface area contributed by atoms with E-state index in [1.807, 2.05) is 13.8 Å². The fraction of sp³-hybridized carbons (Fsp3) is 0.409. The Bertz CT molecular complexity index is 1230. The smallest absolute Gasteiger partial charge is 0.278 e. The van der Waals surface area contributed by atoms with Crippen LogP contribution in [-0.2, 0) is 11.3 Å². The van der Waals surface area contributed by atoms with Crippen molar-refractivity contribution in [2.45, 2.75) is 26.1 Å². The number of ether oxygens (including phenoxy) is 1. The minimum Gasteiger partial charge on any atom is -0.502 e. The summed E-state index contributed by atoms with van der Waals surface area (Å²) in [5, 5.41) is 14.6. The molecule has 9 nitrogen and oxygen atoms in total. The van der Waals surface area contributed by atoms with Crippen LogP contribution in [0.4, 0.5) is 8.78 Å². The van der Waals surface area contributed by atoms with Crippen molar-refractivity contribution in [1.29, 1.82) is 0 Å². The molecule has 0 saturated carbocycles. The average molecular weight is 462 g/mol. The standard InChI is InChI=1S/C22H24F2N4O5/c1-21(2)10-33-11-22(21)26(3)20(32)16-18(30)17(29)14(9-28(16)27(22)4)19(31)25-8-12-5-6-13(23)7-15(12)24/h5-7,9,30H,8,10-11H2,1-4H3,(H,25,31). The maximum Gasteiger partial charge on any atom is 0.278 e. The first-order chi connectivity index (χ1) is 15.4. The predicted octanol–water partition coefficient (Wildman–Crippen LogP) is 1.17. The van der Waals surface area contributed by atoms with Crippen LogP contribution in [0.3, 0.4) is 0 Å². The van der Waals surface area contributed by atoms with Crippen LogP contribution in [-0.4, -0.2) is 59.5 Å². The molecule has 1 aromatic carbocycles. The first-order valence-electron chi connectivity index (χ1n) is 10.2. The number of nitrogens with zero attached hydrogens (tertiary/aromatic N) is 3. The van der Waals surface area contributed by atoms with Crippen LogP contribution < -0.4 is 15.8 Å². The van der Waals surface area contributed by atoms with Crippen LogP contribution >= 0.6 is 0 Å². The summed E-state index contributed by atoms with van der Waals surface area (Å²) in [6, 6.07) is 2.91. The summed E-state index contributed by atoms with van der Waals surface area (Å²) in [6.45, 7) is 4.09. The van der Waals surface area contributed by atoms with E-state index in [0.29, 0.717) is 12.7 Å². The number of hydrogen-bond acceptors (Lipinski definition) is 6. The maximum atomic E-state index is 13.9. The Labute approximate surface area is 188 Å². The van der Waals surface area contributed by atoms with Crippen LogP contribution in [0.5, 0.6) is 5.75 Å². The van der Waals surface area contributed by atoms with Crippen LogP contribution in [0.2, 0.25) is 0 Å². The molecule has 11 heteroatoms. The van der Waals surface area contributed by atoms with Gasteiger partial charge in [0.1, 0.15) is 17.2 Å². The van der Waals surface area contributed by atoms with Crippen molar-refractivity contribution in [2.75, 3.05) is 32.3 Å². The molecule has 1 aromatic heterocycles. The summed E-state index contributed by atoms with van der Waals surface area (Å²) in [6.07, 6.45) is 1.18. The Morgan fingerprint density at radius 3 is 2.52 bits per heavy atom. The normalized spacial score (nSPS) is 21.5. The number of amides is 2. The summed E-state index contributed by atoms with van der Waals surface area (Å²) < 4.78 is 34.0. The summed E-state index contributed by atoms with van der Waals surface area (Å²) in [5.74, 6) is -3.96. The molecule has 1 fully saturated rings. The Morgan fingerprint density at radius 2 is 1.91 bits per heavy atom. The van der Waals surface area contributed by atoms with Gasteiger partial charge in [-0.2, -0.15) is 0 Å². The molecule has 2 aromatic rings. The number of halogens is 2.